The molecule has 29 heavy (non-hydrogen) atoms. The molecule has 2 aromatic carbocycles. The van der Waals surface area contributed by atoms with E-state index in [2.05, 4.69) is 6.58 Å². The third-order valence-corrected chi connectivity index (χ3v) is 5.13. The third-order valence-electron chi connectivity index (χ3n) is 5.13. The third kappa shape index (κ3) is 3.23. The van der Waals surface area contributed by atoms with Crippen molar-refractivity contribution in [3.63, 3.8) is 0 Å². The van der Waals surface area contributed by atoms with Crippen LogP contribution in [0.25, 0.3) is 11.0 Å². The van der Waals surface area contributed by atoms with Gasteiger partial charge in [-0.15, -0.1) is 0 Å². The fourth-order valence-electron chi connectivity index (χ4n) is 3.88. The lowest BCUT2D eigenvalue weighted by molar-refractivity contribution is 0.0728. The summed E-state index contributed by atoms with van der Waals surface area (Å²) in [5, 5.41) is 0.499. The second kappa shape index (κ2) is 7.59. The van der Waals surface area contributed by atoms with Crippen molar-refractivity contribution in [1.82, 2.24) is 4.90 Å². The van der Waals surface area contributed by atoms with Crippen LogP contribution in [0.2, 0.25) is 0 Å². The number of hydrogen-bond acceptors (Lipinski definition) is 4. The number of carbonyl (C=O) groups excluding carboxylic acids is 1. The van der Waals surface area contributed by atoms with Crippen LogP contribution in [0.1, 0.15) is 46.6 Å². The van der Waals surface area contributed by atoms with Crippen molar-refractivity contribution in [3.8, 4) is 5.75 Å². The molecule has 0 N–H and O–H groups in total. The average molecular weight is 389 g/mol. The predicted octanol–water partition coefficient (Wildman–Crippen LogP) is 4.62. The summed E-state index contributed by atoms with van der Waals surface area (Å²) in [5.74, 6) is 0.562. The molecule has 4 rings (SSSR count). The van der Waals surface area contributed by atoms with Gasteiger partial charge in [0.2, 0.25) is 5.76 Å². The Kier molecular flexibility index (Phi) is 4.97. The number of ether oxygens (including phenoxy) is 1. The Morgan fingerprint density at radius 2 is 2.03 bits per heavy atom. The molecule has 1 atom stereocenters. The molecule has 1 amide bonds. The highest BCUT2D eigenvalue weighted by Crippen LogP contribution is 2.39. The van der Waals surface area contributed by atoms with Crippen molar-refractivity contribution < 1.29 is 13.9 Å². The van der Waals surface area contributed by atoms with Gasteiger partial charge in [-0.2, -0.15) is 0 Å². The van der Waals surface area contributed by atoms with Gasteiger partial charge in [0.15, 0.2) is 5.43 Å². The molecule has 0 unspecified atom stereocenters. The predicted molar refractivity (Wildman–Crippen MR) is 113 cm³/mol. The number of nitrogens with zero attached hydrogens (tertiary/aromatic N) is 1. The lowest BCUT2D eigenvalue weighted by atomic mass is 9.98. The Balaban J connectivity index is 1.93. The van der Waals surface area contributed by atoms with Gasteiger partial charge in [0.25, 0.3) is 5.91 Å². The first-order valence-corrected chi connectivity index (χ1v) is 9.77. The summed E-state index contributed by atoms with van der Waals surface area (Å²) in [6.45, 7) is 8.51. The van der Waals surface area contributed by atoms with Gasteiger partial charge in [0.05, 0.1) is 17.0 Å². The molecule has 1 aromatic heterocycles. The van der Waals surface area contributed by atoms with Crippen LogP contribution in [-0.4, -0.2) is 24.0 Å². The number of hydrogen-bond donors (Lipinski definition) is 0. The summed E-state index contributed by atoms with van der Waals surface area (Å²) < 4.78 is 11.6. The smallest absolute Gasteiger partial charge is 0.290 e. The highest BCUT2D eigenvalue weighted by molar-refractivity contribution is 5.99. The van der Waals surface area contributed by atoms with Gasteiger partial charge in [0, 0.05) is 6.54 Å². The normalized spacial score (nSPS) is 15.6. The molecular formula is C24H23NO4. The number of carbonyl (C=O) groups is 1. The second-order valence-corrected chi connectivity index (χ2v) is 7.25. The van der Waals surface area contributed by atoms with E-state index in [1.54, 1.807) is 17.0 Å². The first-order valence-electron chi connectivity index (χ1n) is 9.77. The Morgan fingerprint density at radius 1 is 1.21 bits per heavy atom. The SMILES string of the molecule is C=CCOc1cccc([C@H]2c3c(oc4ccc(C)cc4c3=O)C(=O)N2CCC)c1. The zero-order valence-corrected chi connectivity index (χ0v) is 16.6. The molecule has 0 bridgehead atoms. The Hall–Kier alpha value is -3.34. The zero-order chi connectivity index (χ0) is 20.5. The van der Waals surface area contributed by atoms with Crippen molar-refractivity contribution in [2.45, 2.75) is 26.3 Å². The van der Waals surface area contributed by atoms with Crippen LogP contribution in [0, 0.1) is 6.92 Å². The van der Waals surface area contributed by atoms with Crippen molar-refractivity contribution in [3.05, 3.63) is 87.8 Å². The fourth-order valence-corrected chi connectivity index (χ4v) is 3.88. The van der Waals surface area contributed by atoms with Crippen LogP contribution in [0.4, 0.5) is 0 Å². The first kappa shape index (κ1) is 19.0. The number of amides is 1. The summed E-state index contributed by atoms with van der Waals surface area (Å²) in [5.41, 5.74) is 2.48. The number of benzene rings is 2. The number of fused-ring (bicyclic) bond motifs is 2. The minimum atomic E-state index is -0.495. The molecule has 148 valence electrons. The molecule has 0 saturated heterocycles. The Morgan fingerprint density at radius 3 is 2.79 bits per heavy atom. The summed E-state index contributed by atoms with van der Waals surface area (Å²) in [4.78, 5) is 28.3. The quantitative estimate of drug-likeness (QED) is 0.577. The van der Waals surface area contributed by atoms with E-state index in [-0.39, 0.29) is 17.1 Å². The van der Waals surface area contributed by atoms with E-state index in [1.807, 2.05) is 50.2 Å². The molecule has 1 aliphatic heterocycles. The Bertz CT molecular complexity index is 1160. The monoisotopic (exact) mass is 389 g/mol. The van der Waals surface area contributed by atoms with E-state index < -0.39 is 6.04 Å². The van der Waals surface area contributed by atoms with Crippen LogP contribution >= 0.6 is 0 Å². The number of rotatable bonds is 6. The fraction of sp³-hybridized carbons (Fsp3) is 0.250. The lowest BCUT2D eigenvalue weighted by Crippen LogP contribution is -2.30. The summed E-state index contributed by atoms with van der Waals surface area (Å²) >= 11 is 0. The summed E-state index contributed by atoms with van der Waals surface area (Å²) in [6, 6.07) is 12.4. The van der Waals surface area contributed by atoms with Crippen molar-refractivity contribution in [2.75, 3.05) is 13.2 Å². The van der Waals surface area contributed by atoms with Crippen molar-refractivity contribution in [1.29, 1.82) is 0 Å². The maximum Gasteiger partial charge on any atom is 0.290 e. The van der Waals surface area contributed by atoms with E-state index in [0.29, 0.717) is 35.4 Å². The average Bonchev–Trinajstić information content (AvgIpc) is 3.00. The van der Waals surface area contributed by atoms with Gasteiger partial charge in [-0.1, -0.05) is 43.3 Å². The molecule has 0 saturated carbocycles. The van der Waals surface area contributed by atoms with E-state index in [9.17, 15) is 9.59 Å². The maximum absolute atomic E-state index is 13.4. The van der Waals surface area contributed by atoms with Gasteiger partial charge < -0.3 is 14.1 Å². The minimum absolute atomic E-state index is 0.141. The van der Waals surface area contributed by atoms with Crippen LogP contribution in [0.15, 0.2) is 64.3 Å². The molecule has 0 spiro atoms. The van der Waals surface area contributed by atoms with Crippen LogP contribution in [-0.2, 0) is 0 Å². The van der Waals surface area contributed by atoms with Gasteiger partial charge in [-0.05, 0) is 43.2 Å². The summed E-state index contributed by atoms with van der Waals surface area (Å²) in [7, 11) is 0. The van der Waals surface area contributed by atoms with Gasteiger partial charge in [0.1, 0.15) is 17.9 Å². The summed E-state index contributed by atoms with van der Waals surface area (Å²) in [6.07, 6.45) is 2.45. The highest BCUT2D eigenvalue weighted by atomic mass is 16.5. The van der Waals surface area contributed by atoms with E-state index in [1.165, 1.54) is 0 Å². The van der Waals surface area contributed by atoms with Crippen molar-refractivity contribution in [2.24, 2.45) is 0 Å². The maximum atomic E-state index is 13.4. The second-order valence-electron chi connectivity index (χ2n) is 7.25. The van der Waals surface area contributed by atoms with Gasteiger partial charge in [-0.3, -0.25) is 9.59 Å². The molecule has 2 heterocycles. The van der Waals surface area contributed by atoms with Gasteiger partial charge >= 0.3 is 0 Å². The van der Waals surface area contributed by atoms with E-state index in [4.69, 9.17) is 9.15 Å². The molecule has 0 aliphatic carbocycles. The molecule has 0 fully saturated rings. The minimum Gasteiger partial charge on any atom is -0.490 e. The van der Waals surface area contributed by atoms with Crippen LogP contribution in [0.3, 0.4) is 0 Å². The highest BCUT2D eigenvalue weighted by Gasteiger charge is 2.42. The topological polar surface area (TPSA) is 59.8 Å². The van der Waals surface area contributed by atoms with E-state index in [0.717, 1.165) is 17.5 Å². The lowest BCUT2D eigenvalue weighted by Gasteiger charge is -2.25. The largest absolute Gasteiger partial charge is 0.490 e. The van der Waals surface area contributed by atoms with Gasteiger partial charge in [-0.25, -0.2) is 0 Å². The Labute approximate surface area is 169 Å². The van der Waals surface area contributed by atoms with Crippen LogP contribution in [0.5, 0.6) is 5.75 Å². The van der Waals surface area contributed by atoms with E-state index >= 15 is 0 Å². The standard InChI is InChI=1S/C24H23NO4/c1-4-11-25-21(16-7-6-8-17(14-16)28-12-5-2)20-22(26)18-13-15(3)9-10-19(18)29-23(20)24(25)27/h5-10,13-14,21H,2,4,11-12H2,1,3H3/t21-/m0/s1. The molecule has 5 heteroatoms. The molecule has 5 nitrogen and oxygen atoms in total. The molecule has 0 radical (unpaired) electrons. The molecule has 3 aromatic rings. The molecule has 1 aliphatic rings. The van der Waals surface area contributed by atoms with Crippen molar-refractivity contribution >= 4 is 16.9 Å². The van der Waals surface area contributed by atoms with Crippen LogP contribution < -0.4 is 10.2 Å². The molecular weight excluding hydrogens is 366 g/mol. The first-order chi connectivity index (χ1) is 14.0. The number of aryl methyl sites for hydroxylation is 1. The zero-order valence-electron chi connectivity index (χ0n) is 16.6.